The van der Waals surface area contributed by atoms with Crippen LogP contribution in [0.15, 0.2) is 53.4 Å². The number of nitrogens with zero attached hydrogens (tertiary/aromatic N) is 3. The highest BCUT2D eigenvalue weighted by Gasteiger charge is 2.25. The molecule has 0 saturated heterocycles. The Hall–Kier alpha value is -3.15. The molecule has 0 radical (unpaired) electrons. The van der Waals surface area contributed by atoms with E-state index in [1.165, 1.54) is 12.1 Å². The van der Waals surface area contributed by atoms with Crippen molar-refractivity contribution in [1.82, 2.24) is 14.5 Å². The first kappa shape index (κ1) is 20.6. The molecule has 0 aliphatic rings. The third-order valence-electron chi connectivity index (χ3n) is 4.38. The highest BCUT2D eigenvalue weighted by Crippen LogP contribution is 2.21. The molecule has 1 amide bonds. The standard InChI is InChI=1S/C20H17ClN4O3S/c1-13-19(14(2)25(23-13)12-15-6-4-3-5-7-15)20(26)24-29(27,28)17-9-8-16(11-22)18(21)10-17/h3-10H,12H2,1-2H3,(H,24,26). The Morgan fingerprint density at radius 3 is 2.52 bits per heavy atom. The summed E-state index contributed by atoms with van der Waals surface area (Å²) in [5.74, 6) is -0.778. The van der Waals surface area contributed by atoms with E-state index >= 15 is 0 Å². The van der Waals surface area contributed by atoms with Crippen molar-refractivity contribution in [3.8, 4) is 6.07 Å². The van der Waals surface area contributed by atoms with Gasteiger partial charge in [-0.05, 0) is 37.6 Å². The zero-order chi connectivity index (χ0) is 21.2. The first-order valence-electron chi connectivity index (χ1n) is 8.57. The van der Waals surface area contributed by atoms with Crippen LogP contribution in [-0.2, 0) is 16.6 Å². The van der Waals surface area contributed by atoms with E-state index in [-0.39, 0.29) is 21.0 Å². The predicted molar refractivity (Wildman–Crippen MR) is 108 cm³/mol. The summed E-state index contributed by atoms with van der Waals surface area (Å²) in [6, 6.07) is 15.1. The Labute approximate surface area is 173 Å². The molecule has 0 bridgehead atoms. The molecule has 0 fully saturated rings. The van der Waals surface area contributed by atoms with Crippen LogP contribution in [0.3, 0.4) is 0 Å². The van der Waals surface area contributed by atoms with Crippen LogP contribution in [0.2, 0.25) is 5.02 Å². The van der Waals surface area contributed by atoms with Gasteiger partial charge >= 0.3 is 0 Å². The van der Waals surface area contributed by atoms with Gasteiger partial charge in [-0.2, -0.15) is 10.4 Å². The number of carbonyl (C=O) groups is 1. The van der Waals surface area contributed by atoms with Gasteiger partial charge < -0.3 is 0 Å². The van der Waals surface area contributed by atoms with E-state index in [1.54, 1.807) is 18.5 Å². The molecule has 2 aromatic carbocycles. The van der Waals surface area contributed by atoms with Crippen LogP contribution in [0, 0.1) is 25.2 Å². The zero-order valence-electron chi connectivity index (χ0n) is 15.7. The van der Waals surface area contributed by atoms with Gasteiger partial charge in [-0.15, -0.1) is 0 Å². The fraction of sp³-hybridized carbons (Fsp3) is 0.150. The van der Waals surface area contributed by atoms with Crippen LogP contribution in [0.5, 0.6) is 0 Å². The molecule has 0 saturated carbocycles. The first-order valence-corrected chi connectivity index (χ1v) is 10.4. The van der Waals surface area contributed by atoms with Crippen molar-refractivity contribution in [3.05, 3.63) is 81.6 Å². The number of nitrogens with one attached hydrogen (secondary N) is 1. The van der Waals surface area contributed by atoms with Crippen LogP contribution in [0.4, 0.5) is 0 Å². The number of aryl methyl sites for hydroxylation is 1. The van der Waals surface area contributed by atoms with Crippen molar-refractivity contribution in [2.45, 2.75) is 25.3 Å². The molecule has 0 atom stereocenters. The Morgan fingerprint density at radius 1 is 1.21 bits per heavy atom. The maximum absolute atomic E-state index is 12.7. The van der Waals surface area contributed by atoms with Gasteiger partial charge in [0.25, 0.3) is 15.9 Å². The fourth-order valence-corrected chi connectivity index (χ4v) is 4.19. The summed E-state index contributed by atoms with van der Waals surface area (Å²) in [6.07, 6.45) is 0. The molecule has 1 heterocycles. The van der Waals surface area contributed by atoms with Gasteiger partial charge in [0.15, 0.2) is 0 Å². The van der Waals surface area contributed by atoms with Crippen molar-refractivity contribution < 1.29 is 13.2 Å². The summed E-state index contributed by atoms with van der Waals surface area (Å²) in [5, 5.41) is 13.3. The average molecular weight is 429 g/mol. The van der Waals surface area contributed by atoms with Crippen molar-refractivity contribution in [3.63, 3.8) is 0 Å². The van der Waals surface area contributed by atoms with Gasteiger partial charge in [0, 0.05) is 5.69 Å². The molecule has 0 unspecified atom stereocenters. The van der Waals surface area contributed by atoms with E-state index in [9.17, 15) is 13.2 Å². The summed E-state index contributed by atoms with van der Waals surface area (Å²) in [6.45, 7) is 3.82. The molecule has 1 N–H and O–H groups in total. The Morgan fingerprint density at radius 2 is 1.90 bits per heavy atom. The van der Waals surface area contributed by atoms with E-state index in [0.717, 1.165) is 11.6 Å². The lowest BCUT2D eigenvalue weighted by atomic mass is 10.2. The number of halogens is 1. The molecule has 9 heteroatoms. The molecular formula is C20H17ClN4O3S. The highest BCUT2D eigenvalue weighted by atomic mass is 35.5. The number of hydrogen-bond acceptors (Lipinski definition) is 5. The molecule has 0 aliphatic carbocycles. The van der Waals surface area contributed by atoms with E-state index in [4.69, 9.17) is 16.9 Å². The number of amides is 1. The molecule has 3 aromatic rings. The van der Waals surface area contributed by atoms with Gasteiger partial charge in [-0.1, -0.05) is 41.9 Å². The first-order chi connectivity index (χ1) is 13.7. The lowest BCUT2D eigenvalue weighted by Gasteiger charge is -2.09. The minimum atomic E-state index is -4.17. The smallest absolute Gasteiger partial charge is 0.268 e. The van der Waals surface area contributed by atoms with Crippen LogP contribution in [0.1, 0.15) is 32.9 Å². The summed E-state index contributed by atoms with van der Waals surface area (Å²) in [7, 11) is -4.17. The maximum Gasteiger partial charge on any atom is 0.268 e. The third kappa shape index (κ3) is 4.31. The van der Waals surface area contributed by atoms with Crippen molar-refractivity contribution >= 4 is 27.5 Å². The van der Waals surface area contributed by atoms with Gasteiger partial charge in [0.1, 0.15) is 6.07 Å². The fourth-order valence-electron chi connectivity index (χ4n) is 2.92. The van der Waals surface area contributed by atoms with Crippen molar-refractivity contribution in [2.24, 2.45) is 0 Å². The van der Waals surface area contributed by atoms with E-state index in [2.05, 4.69) is 9.82 Å². The van der Waals surface area contributed by atoms with Crippen LogP contribution >= 0.6 is 11.6 Å². The number of aromatic nitrogens is 2. The molecular weight excluding hydrogens is 412 g/mol. The number of hydrogen-bond donors (Lipinski definition) is 1. The quantitative estimate of drug-likeness (QED) is 0.671. The minimum absolute atomic E-state index is 0.00846. The normalized spacial score (nSPS) is 11.1. The highest BCUT2D eigenvalue weighted by molar-refractivity contribution is 7.90. The van der Waals surface area contributed by atoms with E-state index < -0.39 is 15.9 Å². The minimum Gasteiger partial charge on any atom is -0.268 e. The number of rotatable bonds is 5. The Balaban J connectivity index is 1.87. The Bertz CT molecular complexity index is 1230. The maximum atomic E-state index is 12.7. The van der Waals surface area contributed by atoms with Crippen molar-refractivity contribution in [2.75, 3.05) is 0 Å². The Kier molecular flexibility index (Phi) is 5.73. The number of carbonyl (C=O) groups excluding carboxylic acids is 1. The molecule has 0 aliphatic heterocycles. The van der Waals surface area contributed by atoms with Gasteiger partial charge in [0.2, 0.25) is 0 Å². The molecule has 3 rings (SSSR count). The van der Waals surface area contributed by atoms with Crippen LogP contribution in [0.25, 0.3) is 0 Å². The van der Waals surface area contributed by atoms with Crippen LogP contribution in [-0.4, -0.2) is 24.1 Å². The number of benzene rings is 2. The van der Waals surface area contributed by atoms with Crippen molar-refractivity contribution in [1.29, 1.82) is 5.26 Å². The SMILES string of the molecule is Cc1nn(Cc2ccccc2)c(C)c1C(=O)NS(=O)(=O)c1ccc(C#N)c(Cl)c1. The molecule has 0 spiro atoms. The van der Waals surface area contributed by atoms with Gasteiger partial charge in [-0.25, -0.2) is 13.1 Å². The average Bonchev–Trinajstić information content (AvgIpc) is 2.95. The van der Waals surface area contributed by atoms with Gasteiger partial charge in [-0.3, -0.25) is 9.48 Å². The molecule has 1 aromatic heterocycles. The molecule has 148 valence electrons. The summed E-state index contributed by atoms with van der Waals surface area (Å²) in [5.41, 5.74) is 2.32. The largest absolute Gasteiger partial charge is 0.268 e. The summed E-state index contributed by atoms with van der Waals surface area (Å²) < 4.78 is 28.9. The van der Waals surface area contributed by atoms with Gasteiger partial charge in [0.05, 0.1) is 33.3 Å². The number of nitriles is 1. The second kappa shape index (κ2) is 8.07. The summed E-state index contributed by atoms with van der Waals surface area (Å²) >= 11 is 5.91. The second-order valence-electron chi connectivity index (χ2n) is 6.38. The second-order valence-corrected chi connectivity index (χ2v) is 8.47. The topological polar surface area (TPSA) is 105 Å². The van der Waals surface area contributed by atoms with Crippen LogP contribution < -0.4 is 4.72 Å². The molecule has 7 nitrogen and oxygen atoms in total. The van der Waals surface area contributed by atoms with E-state index in [0.29, 0.717) is 17.9 Å². The monoisotopic (exact) mass is 428 g/mol. The lowest BCUT2D eigenvalue weighted by molar-refractivity contribution is 0.0980. The molecule has 29 heavy (non-hydrogen) atoms. The third-order valence-corrected chi connectivity index (χ3v) is 6.02. The lowest BCUT2D eigenvalue weighted by Crippen LogP contribution is -2.31. The van der Waals surface area contributed by atoms with E-state index in [1.807, 2.05) is 36.4 Å². The predicted octanol–water partition coefficient (Wildman–Crippen LogP) is 3.19. The number of sulfonamides is 1. The zero-order valence-corrected chi connectivity index (χ0v) is 17.3. The summed E-state index contributed by atoms with van der Waals surface area (Å²) in [4.78, 5) is 12.5.